The van der Waals surface area contributed by atoms with Crippen molar-refractivity contribution in [3.63, 3.8) is 0 Å². The van der Waals surface area contributed by atoms with Gasteiger partial charge in [-0.3, -0.25) is 14.9 Å². The van der Waals surface area contributed by atoms with Gasteiger partial charge in [-0.1, -0.05) is 17.7 Å². The lowest BCUT2D eigenvalue weighted by molar-refractivity contribution is -0.383. The van der Waals surface area contributed by atoms with Crippen molar-refractivity contribution >= 4 is 33.5 Å². The van der Waals surface area contributed by atoms with E-state index in [2.05, 4.69) is 0 Å². The van der Waals surface area contributed by atoms with Crippen LogP contribution in [0.15, 0.2) is 24.3 Å². The third-order valence-electron chi connectivity index (χ3n) is 3.26. The Kier molecular flexibility index (Phi) is 4.09. The summed E-state index contributed by atoms with van der Waals surface area (Å²) in [6, 6.07) is 7.27. The summed E-state index contributed by atoms with van der Waals surface area (Å²) >= 11 is 1.15. The van der Waals surface area contributed by atoms with Crippen molar-refractivity contribution in [3.8, 4) is 0 Å². The molecule has 2 rings (SSSR count). The summed E-state index contributed by atoms with van der Waals surface area (Å²) in [5.74, 6) is -0.164. The highest BCUT2D eigenvalue weighted by Gasteiger charge is 2.25. The minimum Gasteiger partial charge on any atom is -0.330 e. The van der Waals surface area contributed by atoms with Crippen LogP contribution in [0.3, 0.4) is 0 Å². The Bertz CT molecular complexity index is 722. The highest BCUT2D eigenvalue weighted by atomic mass is 32.1. The van der Waals surface area contributed by atoms with E-state index >= 15 is 0 Å². The molecule has 21 heavy (non-hydrogen) atoms. The lowest BCUT2D eigenvalue weighted by Crippen LogP contribution is -2.10. The van der Waals surface area contributed by atoms with Gasteiger partial charge >= 0.3 is 5.69 Å². The van der Waals surface area contributed by atoms with Crippen molar-refractivity contribution in [2.24, 2.45) is 0 Å². The van der Waals surface area contributed by atoms with Gasteiger partial charge < -0.3 is 4.90 Å². The van der Waals surface area contributed by atoms with Crippen LogP contribution < -0.4 is 4.90 Å². The third-order valence-corrected chi connectivity index (χ3v) is 4.56. The van der Waals surface area contributed by atoms with Crippen LogP contribution in [0.5, 0.6) is 0 Å². The summed E-state index contributed by atoms with van der Waals surface area (Å²) in [7, 11) is 1.78. The molecule has 1 aromatic heterocycles. The van der Waals surface area contributed by atoms with Crippen molar-refractivity contribution in [1.82, 2.24) is 0 Å². The number of rotatable bonds is 4. The molecule has 110 valence electrons. The second-order valence-electron chi connectivity index (χ2n) is 4.96. The van der Waals surface area contributed by atoms with Crippen LogP contribution >= 0.6 is 11.3 Å². The van der Waals surface area contributed by atoms with Crippen molar-refractivity contribution in [2.45, 2.75) is 20.8 Å². The van der Waals surface area contributed by atoms with Crippen LogP contribution in [0, 0.1) is 24.0 Å². The number of carbonyl (C=O) groups excluding carboxylic acids is 1. The summed E-state index contributed by atoms with van der Waals surface area (Å²) in [5, 5.41) is 11.7. The molecule has 0 radical (unpaired) electrons. The van der Waals surface area contributed by atoms with E-state index in [0.717, 1.165) is 28.2 Å². The van der Waals surface area contributed by atoms with E-state index in [9.17, 15) is 14.9 Å². The zero-order valence-corrected chi connectivity index (χ0v) is 13.2. The topological polar surface area (TPSA) is 63.4 Å². The number of aryl methyl sites for hydroxylation is 2. The molecule has 2 aromatic rings. The number of hydrogen-bond donors (Lipinski definition) is 0. The van der Waals surface area contributed by atoms with Gasteiger partial charge in [0.15, 0.2) is 10.8 Å². The second-order valence-corrected chi connectivity index (χ2v) is 5.99. The van der Waals surface area contributed by atoms with E-state index in [-0.39, 0.29) is 11.5 Å². The number of Topliss-reactive ketones (excluding diaryl/α,β-unsaturated/α-hetero) is 1. The SMILES string of the molecule is CC(=O)c1cc([N+](=O)[O-])c(N(C)c2ccc(C)cc2C)s1. The summed E-state index contributed by atoms with van der Waals surface area (Å²) in [6.45, 7) is 5.37. The van der Waals surface area contributed by atoms with Gasteiger partial charge in [-0.25, -0.2) is 0 Å². The molecule has 0 N–H and O–H groups in total. The largest absolute Gasteiger partial charge is 0.330 e. The molecule has 6 heteroatoms. The normalized spacial score (nSPS) is 10.5. The fraction of sp³-hybridized carbons (Fsp3) is 0.267. The van der Waals surface area contributed by atoms with Crippen molar-refractivity contribution in [2.75, 3.05) is 11.9 Å². The average Bonchev–Trinajstić information content (AvgIpc) is 2.83. The number of anilines is 2. The first-order valence-corrected chi connectivity index (χ1v) is 7.23. The Hall–Kier alpha value is -2.21. The van der Waals surface area contributed by atoms with Crippen LogP contribution in [0.2, 0.25) is 0 Å². The smallest absolute Gasteiger partial charge is 0.304 e. The minimum absolute atomic E-state index is 0.0346. The molecule has 1 aromatic carbocycles. The third kappa shape index (κ3) is 2.95. The van der Waals surface area contributed by atoms with Gasteiger partial charge in [0.2, 0.25) is 0 Å². The lowest BCUT2D eigenvalue weighted by atomic mass is 10.1. The summed E-state index contributed by atoms with van der Waals surface area (Å²) in [4.78, 5) is 24.4. The van der Waals surface area contributed by atoms with Gasteiger partial charge in [-0.15, -0.1) is 11.3 Å². The van der Waals surface area contributed by atoms with Gasteiger partial charge in [-0.2, -0.15) is 0 Å². The van der Waals surface area contributed by atoms with Gasteiger partial charge in [0.05, 0.1) is 9.80 Å². The molecule has 0 saturated carbocycles. The van der Waals surface area contributed by atoms with Gasteiger partial charge in [0, 0.05) is 18.8 Å². The monoisotopic (exact) mass is 304 g/mol. The number of benzene rings is 1. The molecule has 0 aliphatic heterocycles. The van der Waals surface area contributed by atoms with Crippen molar-refractivity contribution < 1.29 is 9.72 Å². The van der Waals surface area contributed by atoms with E-state index in [1.165, 1.54) is 13.0 Å². The Morgan fingerprint density at radius 2 is 1.95 bits per heavy atom. The molecule has 0 aliphatic rings. The highest BCUT2D eigenvalue weighted by molar-refractivity contribution is 7.18. The predicted molar refractivity (Wildman–Crippen MR) is 85.0 cm³/mol. The van der Waals surface area contributed by atoms with Crippen LogP contribution in [0.1, 0.15) is 27.7 Å². The van der Waals surface area contributed by atoms with Crippen LogP contribution in [0.4, 0.5) is 16.4 Å². The fourth-order valence-corrected chi connectivity index (χ4v) is 3.20. The van der Waals surface area contributed by atoms with Crippen LogP contribution in [-0.4, -0.2) is 17.8 Å². The molecular weight excluding hydrogens is 288 g/mol. The zero-order chi connectivity index (χ0) is 15.7. The molecule has 0 aliphatic carbocycles. The number of ketones is 1. The van der Waals surface area contributed by atoms with Gasteiger partial charge in [0.1, 0.15) is 0 Å². The maximum absolute atomic E-state index is 11.5. The maximum Gasteiger partial charge on any atom is 0.304 e. The quantitative estimate of drug-likeness (QED) is 0.481. The Labute approximate surface area is 127 Å². The highest BCUT2D eigenvalue weighted by Crippen LogP contribution is 2.41. The van der Waals surface area contributed by atoms with Crippen molar-refractivity contribution in [1.29, 1.82) is 0 Å². The summed E-state index contributed by atoms with van der Waals surface area (Å²) in [5.41, 5.74) is 3.02. The zero-order valence-electron chi connectivity index (χ0n) is 12.3. The lowest BCUT2D eigenvalue weighted by Gasteiger charge is -2.19. The molecular formula is C15H16N2O3S. The average molecular weight is 304 g/mol. The molecule has 0 unspecified atom stereocenters. The second kappa shape index (κ2) is 5.65. The van der Waals surface area contributed by atoms with Crippen LogP contribution in [0.25, 0.3) is 0 Å². The molecule has 0 bridgehead atoms. The molecule has 5 nitrogen and oxygen atoms in total. The Morgan fingerprint density at radius 1 is 1.29 bits per heavy atom. The molecule has 0 saturated heterocycles. The molecule has 0 atom stereocenters. The molecule has 1 heterocycles. The summed E-state index contributed by atoms with van der Waals surface area (Å²) in [6.07, 6.45) is 0. The van der Waals surface area contributed by atoms with E-state index < -0.39 is 4.92 Å². The maximum atomic E-state index is 11.5. The van der Waals surface area contributed by atoms with E-state index in [1.807, 2.05) is 32.0 Å². The molecule has 0 amide bonds. The number of hydrogen-bond acceptors (Lipinski definition) is 5. The first-order valence-electron chi connectivity index (χ1n) is 6.41. The fourth-order valence-electron chi connectivity index (χ4n) is 2.21. The standard InChI is InChI=1S/C15H16N2O3S/c1-9-5-6-12(10(2)7-9)16(4)15-13(17(19)20)8-14(21-15)11(3)18/h5-8H,1-4H3. The van der Waals surface area contributed by atoms with E-state index in [1.54, 1.807) is 11.9 Å². The van der Waals surface area contributed by atoms with E-state index in [4.69, 9.17) is 0 Å². The van der Waals surface area contributed by atoms with Gasteiger partial charge in [-0.05, 0) is 32.4 Å². The van der Waals surface area contributed by atoms with Gasteiger partial charge in [0.25, 0.3) is 0 Å². The van der Waals surface area contributed by atoms with Crippen molar-refractivity contribution in [3.05, 3.63) is 50.4 Å². The molecule has 0 spiro atoms. The minimum atomic E-state index is -0.446. The number of nitrogens with zero attached hydrogens (tertiary/aromatic N) is 2. The first kappa shape index (κ1) is 15.2. The predicted octanol–water partition coefficient (Wildman–Crippen LogP) is 4.24. The Morgan fingerprint density at radius 3 is 2.48 bits per heavy atom. The summed E-state index contributed by atoms with van der Waals surface area (Å²) < 4.78 is 0. The number of carbonyl (C=O) groups is 1. The first-order chi connectivity index (χ1) is 9.81. The van der Waals surface area contributed by atoms with E-state index in [0.29, 0.717) is 9.88 Å². The Balaban J connectivity index is 2.54. The molecule has 0 fully saturated rings. The number of thiophene rings is 1. The van der Waals surface area contributed by atoms with Crippen LogP contribution in [-0.2, 0) is 0 Å². The number of nitro groups is 1.